The Hall–Kier alpha value is -1.35. The first kappa shape index (κ1) is 15.7. The lowest BCUT2D eigenvalue weighted by Crippen LogP contribution is -2.36. The van der Waals surface area contributed by atoms with Crippen LogP contribution in [0, 0.1) is 6.92 Å². The largest absolute Gasteiger partial charge is 0.289 e. The third kappa shape index (κ3) is 5.03. The number of amides is 1. The average molecular weight is 262 g/mol. The molecule has 1 aromatic rings. The lowest BCUT2D eigenvalue weighted by Gasteiger charge is -2.21. The van der Waals surface area contributed by atoms with Gasteiger partial charge in [0.1, 0.15) is 0 Å². The summed E-state index contributed by atoms with van der Waals surface area (Å²) in [4.78, 5) is 11.7. The number of aryl methyl sites for hydroxylation is 2. The number of hydrogen-bond donors (Lipinski definition) is 1. The van der Waals surface area contributed by atoms with E-state index in [1.807, 2.05) is 14.1 Å². The zero-order valence-electron chi connectivity index (χ0n) is 13.0. The normalized spacial score (nSPS) is 11.7. The molecule has 1 rings (SSSR count). The van der Waals surface area contributed by atoms with Crippen molar-refractivity contribution in [1.29, 1.82) is 0 Å². The maximum atomic E-state index is 11.7. The van der Waals surface area contributed by atoms with E-state index in [4.69, 9.17) is 0 Å². The molecule has 19 heavy (non-hydrogen) atoms. The van der Waals surface area contributed by atoms with Crippen LogP contribution in [0.2, 0.25) is 0 Å². The van der Waals surface area contributed by atoms with Crippen LogP contribution < -0.4 is 5.43 Å². The van der Waals surface area contributed by atoms with Gasteiger partial charge in [-0.3, -0.25) is 10.2 Å². The highest BCUT2D eigenvalue weighted by Crippen LogP contribution is 2.25. The van der Waals surface area contributed by atoms with E-state index in [0.29, 0.717) is 6.42 Å². The minimum absolute atomic E-state index is 0.0607. The van der Waals surface area contributed by atoms with Crippen molar-refractivity contribution in [3.8, 4) is 0 Å². The number of carbonyl (C=O) groups excluding carboxylic acids is 1. The van der Waals surface area contributed by atoms with Gasteiger partial charge in [0.05, 0.1) is 0 Å². The summed E-state index contributed by atoms with van der Waals surface area (Å²) in [6.45, 7) is 8.73. The lowest BCUT2D eigenvalue weighted by atomic mass is 9.85. The summed E-state index contributed by atoms with van der Waals surface area (Å²) < 4.78 is 0. The topological polar surface area (TPSA) is 32.3 Å². The lowest BCUT2D eigenvalue weighted by molar-refractivity contribution is -0.124. The number of nitrogens with zero attached hydrogens (tertiary/aromatic N) is 1. The predicted octanol–water partition coefficient (Wildman–Crippen LogP) is 2.82. The van der Waals surface area contributed by atoms with E-state index >= 15 is 0 Å². The van der Waals surface area contributed by atoms with E-state index in [2.05, 4.69) is 51.3 Å². The monoisotopic (exact) mass is 262 g/mol. The van der Waals surface area contributed by atoms with Crippen molar-refractivity contribution < 1.29 is 4.79 Å². The molecule has 1 amide bonds. The van der Waals surface area contributed by atoms with E-state index in [0.717, 1.165) is 6.42 Å². The maximum absolute atomic E-state index is 11.7. The fraction of sp³-hybridized carbons (Fsp3) is 0.562. The van der Waals surface area contributed by atoms with Crippen LogP contribution in [0.1, 0.15) is 43.9 Å². The Morgan fingerprint density at radius 2 is 1.89 bits per heavy atom. The molecule has 0 atom stereocenters. The first-order valence-corrected chi connectivity index (χ1v) is 6.77. The van der Waals surface area contributed by atoms with Gasteiger partial charge >= 0.3 is 0 Å². The predicted molar refractivity (Wildman–Crippen MR) is 80.0 cm³/mol. The van der Waals surface area contributed by atoms with E-state index in [9.17, 15) is 4.79 Å². The molecule has 0 aromatic heterocycles. The molecule has 3 nitrogen and oxygen atoms in total. The van der Waals surface area contributed by atoms with Crippen LogP contribution in [0.4, 0.5) is 0 Å². The van der Waals surface area contributed by atoms with Gasteiger partial charge in [-0.15, -0.1) is 0 Å². The van der Waals surface area contributed by atoms with Crippen LogP contribution in [0.5, 0.6) is 0 Å². The Bertz CT molecular complexity index is 445. The van der Waals surface area contributed by atoms with Gasteiger partial charge < -0.3 is 0 Å². The number of carbonyl (C=O) groups is 1. The molecule has 0 heterocycles. The van der Waals surface area contributed by atoms with Crippen molar-refractivity contribution in [2.75, 3.05) is 14.1 Å². The van der Waals surface area contributed by atoms with Crippen LogP contribution in [-0.2, 0) is 16.6 Å². The first-order chi connectivity index (χ1) is 8.70. The molecule has 0 unspecified atom stereocenters. The minimum Gasteiger partial charge on any atom is -0.289 e. The zero-order valence-corrected chi connectivity index (χ0v) is 13.0. The van der Waals surface area contributed by atoms with Gasteiger partial charge in [-0.2, -0.15) is 0 Å². The second-order valence-electron chi connectivity index (χ2n) is 6.32. The summed E-state index contributed by atoms with van der Waals surface area (Å²) in [5.41, 5.74) is 6.76. The molecular weight excluding hydrogens is 236 g/mol. The van der Waals surface area contributed by atoms with E-state index in [1.165, 1.54) is 16.7 Å². The Kier molecular flexibility index (Phi) is 5.12. The van der Waals surface area contributed by atoms with Crippen molar-refractivity contribution in [3.05, 3.63) is 34.9 Å². The Labute approximate surface area is 117 Å². The summed E-state index contributed by atoms with van der Waals surface area (Å²) in [5.74, 6) is 0.0607. The van der Waals surface area contributed by atoms with E-state index < -0.39 is 0 Å². The Morgan fingerprint density at radius 1 is 1.26 bits per heavy atom. The molecule has 0 fully saturated rings. The molecule has 1 N–H and O–H groups in total. The highest BCUT2D eigenvalue weighted by molar-refractivity contribution is 5.75. The Morgan fingerprint density at radius 3 is 2.42 bits per heavy atom. The van der Waals surface area contributed by atoms with E-state index in [1.54, 1.807) is 5.01 Å². The first-order valence-electron chi connectivity index (χ1n) is 6.77. The van der Waals surface area contributed by atoms with Crippen LogP contribution in [0.15, 0.2) is 18.2 Å². The molecule has 0 aliphatic rings. The molecule has 3 heteroatoms. The summed E-state index contributed by atoms with van der Waals surface area (Å²) in [6.07, 6.45) is 1.31. The summed E-state index contributed by atoms with van der Waals surface area (Å²) >= 11 is 0. The van der Waals surface area contributed by atoms with Crippen molar-refractivity contribution >= 4 is 5.91 Å². The third-order valence-electron chi connectivity index (χ3n) is 3.18. The average Bonchev–Trinajstić information content (AvgIpc) is 2.25. The second kappa shape index (κ2) is 6.20. The molecule has 0 aliphatic heterocycles. The third-order valence-corrected chi connectivity index (χ3v) is 3.18. The molecule has 0 radical (unpaired) electrons. The van der Waals surface area contributed by atoms with Gasteiger partial charge in [0.15, 0.2) is 0 Å². The molecule has 1 aromatic carbocycles. The molecular formula is C16H26N2O. The van der Waals surface area contributed by atoms with Gasteiger partial charge in [-0.05, 0) is 35.4 Å². The standard InChI is InChI=1S/C16H26N2O/c1-12-7-9-14(16(2,3)4)11-13(12)8-10-15(19)17-18(5)6/h7,9,11H,8,10H2,1-6H3,(H,17,19). The minimum atomic E-state index is 0.0607. The maximum Gasteiger partial charge on any atom is 0.234 e. The highest BCUT2D eigenvalue weighted by Gasteiger charge is 2.15. The van der Waals surface area contributed by atoms with Crippen LogP contribution in [0.3, 0.4) is 0 Å². The zero-order chi connectivity index (χ0) is 14.6. The van der Waals surface area contributed by atoms with Crippen molar-refractivity contribution in [1.82, 2.24) is 10.4 Å². The number of hydrogen-bond acceptors (Lipinski definition) is 2. The van der Waals surface area contributed by atoms with Gasteiger partial charge in [0.2, 0.25) is 5.91 Å². The number of benzene rings is 1. The van der Waals surface area contributed by atoms with Gasteiger partial charge in [0.25, 0.3) is 0 Å². The van der Waals surface area contributed by atoms with Gasteiger partial charge in [-0.1, -0.05) is 39.0 Å². The Balaban J connectivity index is 2.75. The number of hydrazine groups is 1. The SMILES string of the molecule is Cc1ccc(C(C)(C)C)cc1CCC(=O)NN(C)C. The number of nitrogens with one attached hydrogen (secondary N) is 1. The highest BCUT2D eigenvalue weighted by atomic mass is 16.2. The molecule has 0 aliphatic carbocycles. The van der Waals surface area contributed by atoms with Crippen LogP contribution in [-0.4, -0.2) is 25.0 Å². The quantitative estimate of drug-likeness (QED) is 0.846. The smallest absolute Gasteiger partial charge is 0.234 e. The summed E-state index contributed by atoms with van der Waals surface area (Å²) in [5, 5.41) is 1.68. The second-order valence-corrected chi connectivity index (χ2v) is 6.32. The molecule has 0 saturated heterocycles. The van der Waals surface area contributed by atoms with E-state index in [-0.39, 0.29) is 11.3 Å². The fourth-order valence-electron chi connectivity index (χ4n) is 1.96. The molecule has 106 valence electrons. The molecule has 0 saturated carbocycles. The van der Waals surface area contributed by atoms with Crippen molar-refractivity contribution in [2.45, 2.75) is 46.0 Å². The molecule has 0 bridgehead atoms. The van der Waals surface area contributed by atoms with Crippen LogP contribution >= 0.6 is 0 Å². The van der Waals surface area contributed by atoms with Crippen LogP contribution in [0.25, 0.3) is 0 Å². The number of rotatable bonds is 4. The van der Waals surface area contributed by atoms with Crippen molar-refractivity contribution in [3.63, 3.8) is 0 Å². The van der Waals surface area contributed by atoms with Gasteiger partial charge in [0, 0.05) is 20.5 Å². The van der Waals surface area contributed by atoms with Crippen molar-refractivity contribution in [2.24, 2.45) is 0 Å². The van der Waals surface area contributed by atoms with Gasteiger partial charge in [-0.25, -0.2) is 5.01 Å². The molecule has 0 spiro atoms. The fourth-order valence-corrected chi connectivity index (χ4v) is 1.96. The summed E-state index contributed by atoms with van der Waals surface area (Å²) in [6, 6.07) is 6.57. The summed E-state index contributed by atoms with van der Waals surface area (Å²) in [7, 11) is 3.65.